The summed E-state index contributed by atoms with van der Waals surface area (Å²) in [7, 11) is 0. The molecule has 4 heterocycles. The Kier molecular flexibility index (Phi) is 4.74. The second-order valence-corrected chi connectivity index (χ2v) is 8.97. The molecule has 0 saturated heterocycles. The highest BCUT2D eigenvalue weighted by molar-refractivity contribution is 8.01. The number of carbonyl (C=O) groups is 1. The first kappa shape index (κ1) is 15.9. The van der Waals surface area contributed by atoms with Gasteiger partial charge in [0.1, 0.15) is 5.51 Å². The normalized spacial score (nSPS) is 17.2. The number of hydrazone groups is 1. The quantitative estimate of drug-likeness (QED) is 0.613. The Morgan fingerprint density at radius 3 is 2.83 bits per heavy atom. The lowest BCUT2D eigenvalue weighted by Gasteiger charge is -2.20. The van der Waals surface area contributed by atoms with E-state index in [2.05, 4.69) is 27.4 Å². The van der Waals surface area contributed by atoms with Crippen LogP contribution in [0.3, 0.4) is 0 Å². The molecule has 0 bridgehead atoms. The van der Waals surface area contributed by atoms with Crippen LogP contribution in [0.15, 0.2) is 50.0 Å². The van der Waals surface area contributed by atoms with E-state index < -0.39 is 0 Å². The van der Waals surface area contributed by atoms with Gasteiger partial charge in [-0.25, -0.2) is 5.01 Å². The van der Waals surface area contributed by atoms with Gasteiger partial charge in [0.2, 0.25) is 0 Å². The summed E-state index contributed by atoms with van der Waals surface area (Å²) >= 11 is 6.18. The molecule has 1 aliphatic heterocycles. The Morgan fingerprint density at radius 2 is 2.12 bits per heavy atom. The number of amides is 1. The second kappa shape index (κ2) is 7.14. The highest BCUT2D eigenvalue weighted by atomic mass is 32.2. The third-order valence-corrected chi connectivity index (χ3v) is 7.24. The van der Waals surface area contributed by atoms with E-state index in [1.165, 1.54) is 28.0 Å². The summed E-state index contributed by atoms with van der Waals surface area (Å²) in [5.41, 5.74) is 2.65. The number of rotatable bonds is 5. The van der Waals surface area contributed by atoms with Crippen LogP contribution in [-0.4, -0.2) is 32.6 Å². The Morgan fingerprint density at radius 1 is 1.25 bits per heavy atom. The summed E-state index contributed by atoms with van der Waals surface area (Å²) in [6.45, 7) is 0. The van der Waals surface area contributed by atoms with Crippen LogP contribution >= 0.6 is 45.8 Å². The number of thioether (sulfide) groups is 1. The monoisotopic (exact) mass is 392 g/mol. The van der Waals surface area contributed by atoms with Crippen molar-refractivity contribution in [3.63, 3.8) is 0 Å². The van der Waals surface area contributed by atoms with Crippen LogP contribution in [0, 0.1) is 0 Å². The van der Waals surface area contributed by atoms with Crippen molar-refractivity contribution in [2.45, 2.75) is 16.8 Å². The molecular weight excluding hydrogens is 380 g/mol. The molecule has 0 radical (unpaired) electrons. The van der Waals surface area contributed by atoms with Crippen molar-refractivity contribution in [1.29, 1.82) is 0 Å². The zero-order valence-corrected chi connectivity index (χ0v) is 15.6. The number of hydrogen-bond donors (Lipinski definition) is 0. The topological polar surface area (TPSA) is 58.5 Å². The number of hydrogen-bond acceptors (Lipinski definition) is 8. The van der Waals surface area contributed by atoms with Gasteiger partial charge in [0.25, 0.3) is 5.91 Å². The molecule has 5 nitrogen and oxygen atoms in total. The first-order valence-electron chi connectivity index (χ1n) is 7.17. The molecule has 9 heteroatoms. The van der Waals surface area contributed by atoms with E-state index in [-0.39, 0.29) is 11.9 Å². The van der Waals surface area contributed by atoms with Gasteiger partial charge in [-0.3, -0.25) is 4.79 Å². The summed E-state index contributed by atoms with van der Waals surface area (Å²) < 4.78 is 0.803. The maximum absolute atomic E-state index is 12.7. The van der Waals surface area contributed by atoms with Crippen LogP contribution in [0.1, 0.15) is 22.2 Å². The van der Waals surface area contributed by atoms with Gasteiger partial charge in [0, 0.05) is 11.3 Å². The van der Waals surface area contributed by atoms with E-state index in [1.54, 1.807) is 33.2 Å². The van der Waals surface area contributed by atoms with E-state index in [0.717, 1.165) is 21.3 Å². The van der Waals surface area contributed by atoms with Crippen LogP contribution in [-0.2, 0) is 4.79 Å². The molecule has 122 valence electrons. The first-order chi connectivity index (χ1) is 11.8. The molecular formula is C15H12N4OS4. The predicted octanol–water partition coefficient (Wildman–Crippen LogP) is 4.13. The number of aromatic nitrogens is 2. The van der Waals surface area contributed by atoms with Crippen molar-refractivity contribution >= 4 is 57.4 Å². The largest absolute Gasteiger partial charge is 0.272 e. The van der Waals surface area contributed by atoms with E-state index in [9.17, 15) is 4.79 Å². The average molecular weight is 393 g/mol. The smallest absolute Gasteiger partial charge is 0.253 e. The van der Waals surface area contributed by atoms with Gasteiger partial charge in [0.05, 0.1) is 22.4 Å². The van der Waals surface area contributed by atoms with E-state index in [4.69, 9.17) is 0 Å². The Balaban J connectivity index is 1.55. The van der Waals surface area contributed by atoms with Gasteiger partial charge in [0.15, 0.2) is 4.34 Å². The Labute approximate surface area is 155 Å². The maximum Gasteiger partial charge on any atom is 0.253 e. The van der Waals surface area contributed by atoms with Gasteiger partial charge < -0.3 is 0 Å². The predicted molar refractivity (Wildman–Crippen MR) is 100 cm³/mol. The summed E-state index contributed by atoms with van der Waals surface area (Å²) in [4.78, 5) is 15.0. The Hall–Kier alpha value is -1.55. The van der Waals surface area contributed by atoms with Crippen LogP contribution < -0.4 is 0 Å². The third-order valence-electron chi connectivity index (χ3n) is 3.50. The molecule has 0 unspecified atom stereocenters. The highest BCUT2D eigenvalue weighted by Crippen LogP contribution is 2.36. The molecule has 0 fully saturated rings. The van der Waals surface area contributed by atoms with Gasteiger partial charge in [-0.15, -0.1) is 32.9 Å². The van der Waals surface area contributed by atoms with E-state index in [1.807, 2.05) is 22.9 Å². The minimum absolute atomic E-state index is 0.000145. The van der Waals surface area contributed by atoms with E-state index in [0.29, 0.717) is 5.75 Å². The molecule has 1 aliphatic rings. The van der Waals surface area contributed by atoms with Crippen LogP contribution in [0.2, 0.25) is 0 Å². The van der Waals surface area contributed by atoms with Crippen molar-refractivity contribution in [3.8, 4) is 0 Å². The lowest BCUT2D eigenvalue weighted by molar-refractivity contribution is -0.130. The fourth-order valence-corrected chi connectivity index (χ4v) is 5.32. The standard InChI is InChI=1S/C15H12N4OS4/c20-14(8-23-15-17-16-9-24-15)19-11(13-4-2-6-22-13)7-10(18-19)12-3-1-5-21-12/h1-6,9,11H,7-8H2/t11-/m0/s1. The van der Waals surface area contributed by atoms with Crippen molar-refractivity contribution in [2.75, 3.05) is 5.75 Å². The number of thiophene rings is 2. The van der Waals surface area contributed by atoms with Crippen LogP contribution in [0.25, 0.3) is 0 Å². The van der Waals surface area contributed by atoms with Crippen molar-refractivity contribution in [1.82, 2.24) is 15.2 Å². The van der Waals surface area contributed by atoms with Gasteiger partial charge in [-0.05, 0) is 22.9 Å². The summed E-state index contributed by atoms with van der Waals surface area (Å²) in [5, 5.41) is 18.1. The molecule has 0 aliphatic carbocycles. The van der Waals surface area contributed by atoms with Gasteiger partial charge >= 0.3 is 0 Å². The van der Waals surface area contributed by atoms with Gasteiger partial charge in [-0.1, -0.05) is 35.2 Å². The molecule has 1 atom stereocenters. The van der Waals surface area contributed by atoms with Crippen LogP contribution in [0.5, 0.6) is 0 Å². The lowest BCUT2D eigenvalue weighted by Crippen LogP contribution is -2.28. The molecule has 3 aromatic heterocycles. The summed E-state index contributed by atoms with van der Waals surface area (Å²) in [6.07, 6.45) is 0.760. The lowest BCUT2D eigenvalue weighted by atomic mass is 10.1. The molecule has 4 rings (SSSR count). The zero-order valence-electron chi connectivity index (χ0n) is 12.4. The minimum atomic E-state index is -0.00961. The number of nitrogens with zero attached hydrogens (tertiary/aromatic N) is 4. The summed E-state index contributed by atoms with van der Waals surface area (Å²) in [6, 6.07) is 8.14. The zero-order chi connectivity index (χ0) is 16.4. The molecule has 0 spiro atoms. The molecule has 3 aromatic rings. The fraction of sp³-hybridized carbons (Fsp3) is 0.200. The van der Waals surface area contributed by atoms with Crippen molar-refractivity contribution in [2.24, 2.45) is 5.10 Å². The minimum Gasteiger partial charge on any atom is -0.272 e. The molecule has 1 amide bonds. The first-order valence-corrected chi connectivity index (χ1v) is 10.8. The number of carbonyl (C=O) groups excluding carboxylic acids is 1. The molecule has 0 N–H and O–H groups in total. The highest BCUT2D eigenvalue weighted by Gasteiger charge is 2.33. The van der Waals surface area contributed by atoms with E-state index >= 15 is 0 Å². The van der Waals surface area contributed by atoms with Crippen molar-refractivity contribution in [3.05, 3.63) is 50.3 Å². The van der Waals surface area contributed by atoms with Crippen LogP contribution in [0.4, 0.5) is 0 Å². The second-order valence-electron chi connectivity index (χ2n) is 4.99. The van der Waals surface area contributed by atoms with Crippen molar-refractivity contribution < 1.29 is 4.79 Å². The third kappa shape index (κ3) is 3.30. The Bertz CT molecular complexity index is 827. The SMILES string of the molecule is O=C(CSc1nncs1)N1N=C(c2cccs2)C[C@H]1c1cccs1. The average Bonchev–Trinajstić information content (AvgIpc) is 3.40. The fourth-order valence-electron chi connectivity index (χ4n) is 2.45. The molecule has 0 saturated carbocycles. The molecule has 0 aromatic carbocycles. The molecule has 24 heavy (non-hydrogen) atoms. The van der Waals surface area contributed by atoms with Gasteiger partial charge in [-0.2, -0.15) is 5.10 Å². The maximum atomic E-state index is 12.7. The summed E-state index contributed by atoms with van der Waals surface area (Å²) in [5.74, 6) is 0.318.